The SMILES string of the molecule is CC(C)C(C)(C#N)NC(=O)COc1c(Br)cccc1Br. The van der Waals surface area contributed by atoms with Crippen molar-refractivity contribution in [2.24, 2.45) is 5.92 Å². The first-order valence-corrected chi connectivity index (χ1v) is 7.68. The molecule has 6 heteroatoms. The van der Waals surface area contributed by atoms with Gasteiger partial charge in [-0.3, -0.25) is 4.79 Å². The molecule has 1 aromatic rings. The van der Waals surface area contributed by atoms with E-state index >= 15 is 0 Å². The lowest BCUT2D eigenvalue weighted by molar-refractivity contribution is -0.124. The standard InChI is InChI=1S/C14H16Br2N2O2/c1-9(2)14(3,8-17)18-12(19)7-20-13-10(15)5-4-6-11(13)16/h4-6,9H,7H2,1-3H3,(H,18,19). The monoisotopic (exact) mass is 402 g/mol. The molecule has 1 unspecified atom stereocenters. The zero-order chi connectivity index (χ0) is 15.3. The second kappa shape index (κ2) is 7.09. The van der Waals surface area contributed by atoms with Crippen LogP contribution in [-0.4, -0.2) is 18.1 Å². The van der Waals surface area contributed by atoms with Crippen molar-refractivity contribution in [3.05, 3.63) is 27.1 Å². The minimum absolute atomic E-state index is 0.00616. The van der Waals surface area contributed by atoms with E-state index in [1.165, 1.54) is 0 Å². The van der Waals surface area contributed by atoms with E-state index in [9.17, 15) is 4.79 Å². The second-order valence-corrected chi connectivity index (χ2v) is 6.57. The van der Waals surface area contributed by atoms with E-state index < -0.39 is 5.54 Å². The number of halogens is 2. The number of rotatable bonds is 5. The van der Waals surface area contributed by atoms with Crippen LogP contribution in [0.1, 0.15) is 20.8 Å². The van der Waals surface area contributed by atoms with Crippen molar-refractivity contribution in [3.8, 4) is 11.8 Å². The third kappa shape index (κ3) is 4.22. The van der Waals surface area contributed by atoms with Gasteiger partial charge in [-0.15, -0.1) is 0 Å². The molecule has 1 rings (SSSR count). The van der Waals surface area contributed by atoms with E-state index in [2.05, 4.69) is 43.2 Å². The van der Waals surface area contributed by atoms with Crippen LogP contribution in [0.4, 0.5) is 0 Å². The van der Waals surface area contributed by atoms with Crippen molar-refractivity contribution in [2.45, 2.75) is 26.3 Å². The molecule has 0 aromatic heterocycles. The summed E-state index contributed by atoms with van der Waals surface area (Å²) in [5.74, 6) is 0.239. The van der Waals surface area contributed by atoms with Crippen LogP contribution in [0.3, 0.4) is 0 Å². The highest BCUT2D eigenvalue weighted by Crippen LogP contribution is 2.32. The molecule has 0 aliphatic rings. The van der Waals surface area contributed by atoms with Crippen LogP contribution in [0.25, 0.3) is 0 Å². The van der Waals surface area contributed by atoms with Crippen LogP contribution < -0.4 is 10.1 Å². The molecule has 108 valence electrons. The van der Waals surface area contributed by atoms with E-state index in [1.807, 2.05) is 32.0 Å². The number of ether oxygens (including phenoxy) is 1. The quantitative estimate of drug-likeness (QED) is 0.816. The van der Waals surface area contributed by atoms with E-state index in [0.717, 1.165) is 8.95 Å². The summed E-state index contributed by atoms with van der Waals surface area (Å²) in [6, 6.07) is 7.63. The van der Waals surface area contributed by atoms with Crippen molar-refractivity contribution in [3.63, 3.8) is 0 Å². The van der Waals surface area contributed by atoms with Crippen LogP contribution in [-0.2, 0) is 4.79 Å². The lowest BCUT2D eigenvalue weighted by atomic mass is 9.90. The van der Waals surface area contributed by atoms with Crippen LogP contribution >= 0.6 is 31.9 Å². The molecule has 1 atom stereocenters. The highest BCUT2D eigenvalue weighted by Gasteiger charge is 2.30. The number of amides is 1. The van der Waals surface area contributed by atoms with Crippen LogP contribution in [0, 0.1) is 17.2 Å². The Balaban J connectivity index is 2.67. The first-order chi connectivity index (χ1) is 9.30. The van der Waals surface area contributed by atoms with Gasteiger partial charge in [0.15, 0.2) is 6.61 Å². The summed E-state index contributed by atoms with van der Waals surface area (Å²) in [5, 5.41) is 11.9. The van der Waals surface area contributed by atoms with Gasteiger partial charge in [0.1, 0.15) is 11.3 Å². The topological polar surface area (TPSA) is 62.1 Å². The molecule has 0 aliphatic heterocycles. The Bertz CT molecular complexity index is 520. The molecule has 0 aliphatic carbocycles. The van der Waals surface area contributed by atoms with Gasteiger partial charge in [-0.2, -0.15) is 5.26 Å². The van der Waals surface area contributed by atoms with Crippen molar-refractivity contribution in [1.82, 2.24) is 5.32 Å². The Morgan fingerprint density at radius 1 is 1.45 bits per heavy atom. The number of nitriles is 1. The van der Waals surface area contributed by atoms with E-state index in [0.29, 0.717) is 5.75 Å². The normalized spacial score (nSPS) is 13.4. The molecule has 1 N–H and O–H groups in total. The fourth-order valence-corrected chi connectivity index (χ4v) is 2.61. The van der Waals surface area contributed by atoms with Crippen molar-refractivity contribution in [2.75, 3.05) is 6.61 Å². The van der Waals surface area contributed by atoms with Gasteiger partial charge in [0, 0.05) is 0 Å². The number of nitrogens with zero attached hydrogens (tertiary/aromatic N) is 1. The summed E-state index contributed by atoms with van der Waals surface area (Å²) in [5.41, 5.74) is -0.897. The molecule has 0 saturated carbocycles. The molecule has 0 fully saturated rings. The maximum atomic E-state index is 11.9. The Hall–Kier alpha value is -1.06. The number of para-hydroxylation sites is 1. The molecular formula is C14H16Br2N2O2. The molecule has 0 heterocycles. The Labute approximate surface area is 135 Å². The molecule has 0 bridgehead atoms. The van der Waals surface area contributed by atoms with Crippen LogP contribution in [0.5, 0.6) is 5.75 Å². The van der Waals surface area contributed by atoms with Gasteiger partial charge in [-0.1, -0.05) is 19.9 Å². The summed E-state index contributed by atoms with van der Waals surface area (Å²) >= 11 is 6.71. The maximum Gasteiger partial charge on any atom is 0.259 e. The van der Waals surface area contributed by atoms with Gasteiger partial charge in [-0.25, -0.2) is 0 Å². The third-order valence-electron chi connectivity index (χ3n) is 3.05. The van der Waals surface area contributed by atoms with E-state index in [-0.39, 0.29) is 18.4 Å². The summed E-state index contributed by atoms with van der Waals surface area (Å²) in [4.78, 5) is 11.9. The number of carbonyl (C=O) groups is 1. The highest BCUT2D eigenvalue weighted by molar-refractivity contribution is 9.11. The number of benzene rings is 1. The zero-order valence-electron chi connectivity index (χ0n) is 11.5. The summed E-state index contributed by atoms with van der Waals surface area (Å²) in [6.07, 6.45) is 0. The fraction of sp³-hybridized carbons (Fsp3) is 0.429. The van der Waals surface area contributed by atoms with Crippen molar-refractivity contribution < 1.29 is 9.53 Å². The smallest absolute Gasteiger partial charge is 0.259 e. The lowest BCUT2D eigenvalue weighted by Gasteiger charge is -2.27. The number of nitrogens with one attached hydrogen (secondary N) is 1. The average Bonchev–Trinajstić information content (AvgIpc) is 2.37. The van der Waals surface area contributed by atoms with Crippen LogP contribution in [0.2, 0.25) is 0 Å². The largest absolute Gasteiger partial charge is 0.481 e. The number of carbonyl (C=O) groups excluding carboxylic acids is 1. The van der Waals surface area contributed by atoms with Gasteiger partial charge < -0.3 is 10.1 Å². The Morgan fingerprint density at radius 2 is 2.00 bits per heavy atom. The molecule has 1 amide bonds. The van der Waals surface area contributed by atoms with Gasteiger partial charge >= 0.3 is 0 Å². The van der Waals surface area contributed by atoms with Gasteiger partial charge in [-0.05, 0) is 56.8 Å². The molecular weight excluding hydrogens is 388 g/mol. The first kappa shape index (κ1) is 17.0. The predicted octanol–water partition coefficient (Wildman–Crippen LogP) is 3.64. The first-order valence-electron chi connectivity index (χ1n) is 6.09. The molecule has 4 nitrogen and oxygen atoms in total. The molecule has 20 heavy (non-hydrogen) atoms. The van der Waals surface area contributed by atoms with Gasteiger partial charge in [0.2, 0.25) is 0 Å². The van der Waals surface area contributed by atoms with Crippen molar-refractivity contribution >= 4 is 37.8 Å². The summed E-state index contributed by atoms with van der Waals surface area (Å²) < 4.78 is 7.00. The molecule has 0 saturated heterocycles. The summed E-state index contributed by atoms with van der Waals surface area (Å²) in [7, 11) is 0. The highest BCUT2D eigenvalue weighted by atomic mass is 79.9. The average molecular weight is 404 g/mol. The van der Waals surface area contributed by atoms with Gasteiger partial charge in [0.25, 0.3) is 5.91 Å². The van der Waals surface area contributed by atoms with Gasteiger partial charge in [0.05, 0.1) is 15.0 Å². The van der Waals surface area contributed by atoms with E-state index in [1.54, 1.807) is 6.92 Å². The van der Waals surface area contributed by atoms with E-state index in [4.69, 9.17) is 10.00 Å². The Morgan fingerprint density at radius 3 is 2.45 bits per heavy atom. The third-order valence-corrected chi connectivity index (χ3v) is 4.30. The fourth-order valence-electron chi connectivity index (χ4n) is 1.39. The molecule has 0 radical (unpaired) electrons. The zero-order valence-corrected chi connectivity index (χ0v) is 14.7. The lowest BCUT2D eigenvalue weighted by Crippen LogP contribution is -2.50. The second-order valence-electron chi connectivity index (χ2n) is 4.86. The summed E-state index contributed by atoms with van der Waals surface area (Å²) in [6.45, 7) is 5.32. The number of hydrogen-bond acceptors (Lipinski definition) is 3. The minimum Gasteiger partial charge on any atom is -0.481 e. The predicted molar refractivity (Wildman–Crippen MR) is 84.3 cm³/mol. The number of hydrogen-bond donors (Lipinski definition) is 1. The maximum absolute atomic E-state index is 11.9. The molecule has 1 aromatic carbocycles. The molecule has 0 spiro atoms. The minimum atomic E-state index is -0.897. The van der Waals surface area contributed by atoms with Crippen molar-refractivity contribution in [1.29, 1.82) is 5.26 Å². The Kier molecular flexibility index (Phi) is 6.03. The van der Waals surface area contributed by atoms with Crippen LogP contribution in [0.15, 0.2) is 27.1 Å².